The SMILES string of the molecule is CCOC(=O)[C@H]1[C@H](C)[C@@]12CCc1ccc(O)cc12.Cc1ccc(F)c(-c2ccc(COc3ccc4c(c3)[C@]3(CC4)[C@H](C)[C@@H]3C(=O)O)cc2[C@@H]2CCCC2(C)C)c1. The van der Waals surface area contributed by atoms with Crippen LogP contribution in [0.2, 0.25) is 0 Å². The zero-order valence-electron chi connectivity index (χ0n) is 33.6. The summed E-state index contributed by atoms with van der Waals surface area (Å²) in [6.07, 6.45) is 7.28. The molecular weight excluding hydrogens is 704 g/mol. The molecule has 0 heterocycles. The maximum Gasteiger partial charge on any atom is 0.310 e. The van der Waals surface area contributed by atoms with Gasteiger partial charge in [-0.25, -0.2) is 4.39 Å². The van der Waals surface area contributed by atoms with Gasteiger partial charge in [-0.1, -0.05) is 76.1 Å². The minimum Gasteiger partial charge on any atom is -0.508 e. The number of esters is 1. The second-order valence-corrected chi connectivity index (χ2v) is 18.0. The lowest BCUT2D eigenvalue weighted by Gasteiger charge is -2.30. The number of carboxylic acid groups (broad SMARTS) is 1. The molecule has 3 saturated carbocycles. The molecule has 5 aliphatic rings. The summed E-state index contributed by atoms with van der Waals surface area (Å²) in [5, 5.41) is 19.4. The highest BCUT2D eigenvalue weighted by molar-refractivity contribution is 5.81. The molecule has 7 heteroatoms. The number of carbonyl (C=O) groups excluding carboxylic acids is 1. The van der Waals surface area contributed by atoms with Crippen molar-refractivity contribution in [2.45, 2.75) is 110 Å². The van der Waals surface area contributed by atoms with Crippen molar-refractivity contribution in [2.24, 2.45) is 29.1 Å². The molecule has 5 aliphatic carbocycles. The van der Waals surface area contributed by atoms with E-state index in [-0.39, 0.29) is 51.5 Å². The molecule has 2 N–H and O–H groups in total. The Kier molecular flexibility index (Phi) is 9.61. The molecule has 0 bridgehead atoms. The quantitative estimate of drug-likeness (QED) is 0.174. The van der Waals surface area contributed by atoms with Gasteiger partial charge in [0.15, 0.2) is 0 Å². The largest absolute Gasteiger partial charge is 0.508 e. The van der Waals surface area contributed by atoms with Crippen LogP contribution in [0.4, 0.5) is 4.39 Å². The number of hydrogen-bond donors (Lipinski definition) is 2. The van der Waals surface area contributed by atoms with E-state index in [0.29, 0.717) is 30.6 Å². The van der Waals surface area contributed by atoms with Gasteiger partial charge in [-0.05, 0) is 151 Å². The van der Waals surface area contributed by atoms with Gasteiger partial charge in [0.25, 0.3) is 0 Å². The van der Waals surface area contributed by atoms with Crippen molar-refractivity contribution < 1.29 is 33.7 Å². The highest BCUT2D eigenvalue weighted by atomic mass is 19.1. The summed E-state index contributed by atoms with van der Waals surface area (Å²) in [4.78, 5) is 23.8. The van der Waals surface area contributed by atoms with Gasteiger partial charge in [0.1, 0.15) is 23.9 Å². The third kappa shape index (κ3) is 6.21. The van der Waals surface area contributed by atoms with Crippen molar-refractivity contribution in [1.29, 1.82) is 0 Å². The zero-order chi connectivity index (χ0) is 39.7. The van der Waals surface area contributed by atoms with Gasteiger partial charge in [-0.2, -0.15) is 0 Å². The number of carboxylic acids is 1. The average molecular weight is 759 g/mol. The number of carbonyl (C=O) groups is 2. The predicted molar refractivity (Wildman–Crippen MR) is 215 cm³/mol. The van der Waals surface area contributed by atoms with Gasteiger partial charge in [-0.3, -0.25) is 9.59 Å². The molecule has 0 aliphatic heterocycles. The van der Waals surface area contributed by atoms with Gasteiger partial charge in [-0.15, -0.1) is 0 Å². The number of phenols is 1. The van der Waals surface area contributed by atoms with Crippen LogP contribution < -0.4 is 4.74 Å². The first-order valence-corrected chi connectivity index (χ1v) is 20.6. The molecule has 0 radical (unpaired) electrons. The minimum atomic E-state index is -0.691. The Hall–Kier alpha value is -4.65. The number of benzene rings is 4. The number of hydrogen-bond acceptors (Lipinski definition) is 5. The Morgan fingerprint density at radius 2 is 1.50 bits per heavy atom. The van der Waals surface area contributed by atoms with Crippen molar-refractivity contribution in [3.05, 3.63) is 118 Å². The zero-order valence-corrected chi connectivity index (χ0v) is 33.6. The Labute approximate surface area is 330 Å². The van der Waals surface area contributed by atoms with Crippen molar-refractivity contribution in [3.63, 3.8) is 0 Å². The van der Waals surface area contributed by atoms with E-state index in [1.807, 2.05) is 44.2 Å². The van der Waals surface area contributed by atoms with Crippen LogP contribution in [0, 0.1) is 41.8 Å². The number of halogens is 1. The van der Waals surface area contributed by atoms with Gasteiger partial charge in [0.05, 0.1) is 18.4 Å². The van der Waals surface area contributed by atoms with E-state index in [4.69, 9.17) is 9.47 Å². The predicted octanol–water partition coefficient (Wildman–Crippen LogP) is 10.6. The highest BCUT2D eigenvalue weighted by Crippen LogP contribution is 2.67. The van der Waals surface area contributed by atoms with E-state index < -0.39 is 5.97 Å². The smallest absolute Gasteiger partial charge is 0.310 e. The van der Waals surface area contributed by atoms with Crippen molar-refractivity contribution in [2.75, 3.05) is 6.61 Å². The average Bonchev–Trinajstić information content (AvgIpc) is 3.65. The highest BCUT2D eigenvalue weighted by Gasteiger charge is 2.69. The topological polar surface area (TPSA) is 93.1 Å². The molecule has 2 spiro atoms. The van der Waals surface area contributed by atoms with Crippen molar-refractivity contribution >= 4 is 11.9 Å². The third-order valence-electron chi connectivity index (χ3n) is 14.7. The molecule has 0 amide bonds. The van der Waals surface area contributed by atoms with E-state index in [2.05, 4.69) is 58.0 Å². The van der Waals surface area contributed by atoms with Crippen LogP contribution in [-0.4, -0.2) is 28.8 Å². The monoisotopic (exact) mass is 758 g/mol. The number of aryl methyl sites for hydroxylation is 3. The van der Waals surface area contributed by atoms with Crippen LogP contribution in [-0.2, 0) is 44.6 Å². The summed E-state index contributed by atoms with van der Waals surface area (Å²) in [6, 6.07) is 23.4. The molecule has 6 nitrogen and oxygen atoms in total. The molecule has 0 unspecified atom stereocenters. The van der Waals surface area contributed by atoms with Crippen molar-refractivity contribution in [3.8, 4) is 22.6 Å². The van der Waals surface area contributed by atoms with Gasteiger partial charge in [0, 0.05) is 16.4 Å². The van der Waals surface area contributed by atoms with Crippen LogP contribution in [0.3, 0.4) is 0 Å². The fourth-order valence-corrected chi connectivity index (χ4v) is 11.5. The molecule has 9 rings (SSSR count). The summed E-state index contributed by atoms with van der Waals surface area (Å²) in [6.45, 7) is 13.5. The normalized spacial score (nSPS) is 28.7. The first-order chi connectivity index (χ1) is 26.7. The van der Waals surface area contributed by atoms with Gasteiger partial charge >= 0.3 is 11.9 Å². The molecule has 0 aromatic heterocycles. The lowest BCUT2D eigenvalue weighted by Crippen LogP contribution is -2.17. The van der Waals surface area contributed by atoms with Crippen LogP contribution >= 0.6 is 0 Å². The van der Waals surface area contributed by atoms with E-state index in [9.17, 15) is 19.8 Å². The molecule has 294 valence electrons. The first-order valence-electron chi connectivity index (χ1n) is 20.6. The summed E-state index contributed by atoms with van der Waals surface area (Å²) in [5.41, 5.74) is 9.68. The Balaban J connectivity index is 0.000000204. The maximum absolute atomic E-state index is 15.0. The Morgan fingerprint density at radius 1 is 0.821 bits per heavy atom. The van der Waals surface area contributed by atoms with Crippen LogP contribution in [0.15, 0.2) is 72.8 Å². The first kappa shape index (κ1) is 38.2. The molecule has 4 aromatic rings. The van der Waals surface area contributed by atoms with E-state index in [0.717, 1.165) is 65.7 Å². The fraction of sp³-hybridized carbons (Fsp3) is 0.469. The number of rotatable bonds is 8. The number of fused-ring (bicyclic) bond motifs is 4. The maximum atomic E-state index is 15.0. The molecule has 7 atom stereocenters. The van der Waals surface area contributed by atoms with Crippen LogP contribution in [0.25, 0.3) is 11.1 Å². The second-order valence-electron chi connectivity index (χ2n) is 18.0. The van der Waals surface area contributed by atoms with E-state index in [1.54, 1.807) is 12.1 Å². The lowest BCUT2D eigenvalue weighted by atomic mass is 9.75. The number of aliphatic carboxylic acids is 1. The number of aromatic hydroxyl groups is 1. The van der Waals surface area contributed by atoms with Crippen molar-refractivity contribution in [1.82, 2.24) is 0 Å². The number of ether oxygens (including phenoxy) is 2. The van der Waals surface area contributed by atoms with E-state index >= 15 is 4.39 Å². The van der Waals surface area contributed by atoms with E-state index in [1.165, 1.54) is 29.5 Å². The second kappa shape index (κ2) is 14.1. The third-order valence-corrected chi connectivity index (χ3v) is 14.7. The minimum absolute atomic E-state index is 0.0273. The standard InChI is InChI=1S/C34H37FO3.C15H18O3/c1-20-7-12-30(35)27(16-20)25-11-8-22(17-26(25)28-6-5-14-33(28,3)4)19-38-24-10-9-23-13-15-34(29(23)18-24)21(2)31(34)32(36)37;1-3-18-14(17)13-9(2)15(13)7-6-10-4-5-11(16)8-12(10)15/h7-12,16-18,21,28,31H,5-6,13-15,19H2,1-4H3,(H,36,37);4-5,8-9,13,16H,3,6-7H2,1-2H3/t21-,28+,31-,34+;9-,13+,15+/m10/s1. The van der Waals surface area contributed by atoms with Gasteiger partial charge in [0.2, 0.25) is 0 Å². The lowest BCUT2D eigenvalue weighted by molar-refractivity contribution is -0.145. The molecular formula is C49H55FO6. The molecule has 0 saturated heterocycles. The van der Waals surface area contributed by atoms with Crippen LogP contribution in [0.5, 0.6) is 11.5 Å². The summed E-state index contributed by atoms with van der Waals surface area (Å²) in [5.74, 6) is 0.625. The fourth-order valence-electron chi connectivity index (χ4n) is 11.5. The molecule has 3 fully saturated rings. The van der Waals surface area contributed by atoms with Gasteiger partial charge < -0.3 is 19.7 Å². The number of phenolic OH excluding ortho intramolecular Hbond substituents is 1. The Bertz CT molecular complexity index is 2210. The Morgan fingerprint density at radius 3 is 2.16 bits per heavy atom. The van der Waals surface area contributed by atoms with Crippen LogP contribution in [0.1, 0.15) is 112 Å². The molecule has 56 heavy (non-hydrogen) atoms. The summed E-state index contributed by atoms with van der Waals surface area (Å²) >= 11 is 0. The summed E-state index contributed by atoms with van der Waals surface area (Å²) < 4.78 is 26.5. The molecule has 4 aromatic carbocycles. The summed E-state index contributed by atoms with van der Waals surface area (Å²) in [7, 11) is 0.